The van der Waals surface area contributed by atoms with Crippen LogP contribution in [-0.2, 0) is 0 Å². The zero-order chi connectivity index (χ0) is 13.1. The highest BCUT2D eigenvalue weighted by Gasteiger charge is 2.10. The standard InChI is InChI=1S/C13H11Cl2NOS/c1-8(17)10-3-2-6-16-13(10)18-9-4-5-11(14)12(15)7-9/h2-8,17H,1H3/t8-/m0/s1. The number of aromatic nitrogens is 1. The summed E-state index contributed by atoms with van der Waals surface area (Å²) in [6.07, 6.45) is 1.15. The number of rotatable bonds is 3. The first-order valence-electron chi connectivity index (χ1n) is 5.34. The first-order chi connectivity index (χ1) is 8.58. The normalized spacial score (nSPS) is 12.4. The fourth-order valence-corrected chi connectivity index (χ4v) is 2.83. The van der Waals surface area contributed by atoms with E-state index in [9.17, 15) is 5.11 Å². The Morgan fingerprint density at radius 1 is 1.22 bits per heavy atom. The quantitative estimate of drug-likeness (QED) is 0.899. The van der Waals surface area contributed by atoms with Gasteiger partial charge in [-0.15, -0.1) is 0 Å². The van der Waals surface area contributed by atoms with E-state index in [1.165, 1.54) is 11.8 Å². The molecule has 0 amide bonds. The molecule has 18 heavy (non-hydrogen) atoms. The van der Waals surface area contributed by atoms with E-state index in [0.29, 0.717) is 10.0 Å². The Kier molecular flexibility index (Phi) is 4.51. The number of pyridine rings is 1. The Bertz CT molecular complexity index is 560. The van der Waals surface area contributed by atoms with Gasteiger partial charge in [-0.05, 0) is 31.2 Å². The van der Waals surface area contributed by atoms with Crippen LogP contribution in [0.5, 0.6) is 0 Å². The fourth-order valence-electron chi connectivity index (χ4n) is 1.46. The molecule has 2 aromatic rings. The Balaban J connectivity index is 2.31. The highest BCUT2D eigenvalue weighted by Crippen LogP contribution is 2.34. The Labute approximate surface area is 120 Å². The van der Waals surface area contributed by atoms with Crippen molar-refractivity contribution in [2.45, 2.75) is 22.9 Å². The first-order valence-corrected chi connectivity index (χ1v) is 6.91. The van der Waals surface area contributed by atoms with Crippen LogP contribution < -0.4 is 0 Å². The summed E-state index contributed by atoms with van der Waals surface area (Å²) in [4.78, 5) is 5.21. The molecule has 1 heterocycles. The summed E-state index contributed by atoms with van der Waals surface area (Å²) in [5, 5.41) is 11.5. The number of hydrogen-bond acceptors (Lipinski definition) is 3. The molecule has 0 aliphatic rings. The summed E-state index contributed by atoms with van der Waals surface area (Å²) in [5.74, 6) is 0. The predicted molar refractivity (Wildman–Crippen MR) is 75.5 cm³/mol. The zero-order valence-corrected chi connectivity index (χ0v) is 11.9. The maximum Gasteiger partial charge on any atom is 0.106 e. The van der Waals surface area contributed by atoms with Crippen molar-refractivity contribution in [3.8, 4) is 0 Å². The van der Waals surface area contributed by atoms with Crippen molar-refractivity contribution in [2.75, 3.05) is 0 Å². The summed E-state index contributed by atoms with van der Waals surface area (Å²) in [7, 11) is 0. The lowest BCUT2D eigenvalue weighted by Gasteiger charge is -2.10. The summed E-state index contributed by atoms with van der Waals surface area (Å²) in [5.41, 5.74) is 0.800. The SMILES string of the molecule is C[C@H](O)c1cccnc1Sc1ccc(Cl)c(Cl)c1. The van der Waals surface area contributed by atoms with Gasteiger partial charge in [-0.25, -0.2) is 4.98 Å². The molecule has 0 saturated heterocycles. The van der Waals surface area contributed by atoms with Crippen LogP contribution in [0.3, 0.4) is 0 Å². The molecule has 0 bridgehead atoms. The van der Waals surface area contributed by atoms with Gasteiger partial charge in [0.1, 0.15) is 5.03 Å². The number of aliphatic hydroxyl groups excluding tert-OH is 1. The fraction of sp³-hybridized carbons (Fsp3) is 0.154. The maximum absolute atomic E-state index is 9.68. The van der Waals surface area contributed by atoms with Crippen molar-refractivity contribution in [1.29, 1.82) is 0 Å². The van der Waals surface area contributed by atoms with Crippen LogP contribution in [0.15, 0.2) is 46.5 Å². The molecule has 1 aromatic heterocycles. The minimum Gasteiger partial charge on any atom is -0.389 e. The maximum atomic E-state index is 9.68. The monoisotopic (exact) mass is 299 g/mol. The van der Waals surface area contributed by atoms with E-state index < -0.39 is 6.10 Å². The van der Waals surface area contributed by atoms with Crippen molar-refractivity contribution in [1.82, 2.24) is 4.98 Å². The van der Waals surface area contributed by atoms with Crippen LogP contribution in [0.2, 0.25) is 10.0 Å². The van der Waals surface area contributed by atoms with Crippen molar-refractivity contribution in [3.63, 3.8) is 0 Å². The molecule has 2 rings (SSSR count). The van der Waals surface area contributed by atoms with E-state index in [-0.39, 0.29) is 0 Å². The lowest BCUT2D eigenvalue weighted by Crippen LogP contribution is -1.95. The van der Waals surface area contributed by atoms with Gasteiger partial charge in [-0.3, -0.25) is 0 Å². The van der Waals surface area contributed by atoms with Crippen LogP contribution in [-0.4, -0.2) is 10.1 Å². The third-order valence-electron chi connectivity index (χ3n) is 2.36. The largest absolute Gasteiger partial charge is 0.389 e. The second kappa shape index (κ2) is 5.93. The molecule has 0 fully saturated rings. The second-order valence-electron chi connectivity index (χ2n) is 3.75. The van der Waals surface area contributed by atoms with Gasteiger partial charge in [-0.2, -0.15) is 0 Å². The molecule has 5 heteroatoms. The lowest BCUT2D eigenvalue weighted by atomic mass is 10.2. The van der Waals surface area contributed by atoms with Gasteiger partial charge in [0, 0.05) is 16.7 Å². The molecule has 1 N–H and O–H groups in total. The number of benzene rings is 1. The number of aliphatic hydroxyl groups is 1. The predicted octanol–water partition coefficient (Wildman–Crippen LogP) is 4.59. The van der Waals surface area contributed by atoms with E-state index in [1.807, 2.05) is 12.1 Å². The van der Waals surface area contributed by atoms with Crippen molar-refractivity contribution in [2.24, 2.45) is 0 Å². The lowest BCUT2D eigenvalue weighted by molar-refractivity contribution is 0.195. The van der Waals surface area contributed by atoms with Gasteiger partial charge in [0.15, 0.2) is 0 Å². The van der Waals surface area contributed by atoms with Crippen LogP contribution in [0.4, 0.5) is 0 Å². The Morgan fingerprint density at radius 2 is 2.00 bits per heavy atom. The minimum atomic E-state index is -0.552. The molecule has 0 spiro atoms. The molecule has 0 unspecified atom stereocenters. The molecule has 1 aromatic carbocycles. The van der Waals surface area contributed by atoms with Gasteiger partial charge in [0.05, 0.1) is 16.1 Å². The smallest absolute Gasteiger partial charge is 0.106 e. The Hall–Kier alpha value is -0.740. The van der Waals surface area contributed by atoms with Gasteiger partial charge in [0.25, 0.3) is 0 Å². The summed E-state index contributed by atoms with van der Waals surface area (Å²) >= 11 is 13.3. The minimum absolute atomic E-state index is 0.510. The van der Waals surface area contributed by atoms with Crippen LogP contribution >= 0.6 is 35.0 Å². The van der Waals surface area contributed by atoms with E-state index >= 15 is 0 Å². The van der Waals surface area contributed by atoms with Crippen molar-refractivity contribution >= 4 is 35.0 Å². The van der Waals surface area contributed by atoms with E-state index in [1.54, 1.807) is 31.3 Å². The van der Waals surface area contributed by atoms with Crippen LogP contribution in [0, 0.1) is 0 Å². The van der Waals surface area contributed by atoms with E-state index in [4.69, 9.17) is 23.2 Å². The summed E-state index contributed by atoms with van der Waals surface area (Å²) < 4.78 is 0. The Morgan fingerprint density at radius 3 is 2.67 bits per heavy atom. The molecule has 0 saturated carbocycles. The van der Waals surface area contributed by atoms with Crippen molar-refractivity contribution in [3.05, 3.63) is 52.1 Å². The molecule has 94 valence electrons. The zero-order valence-electron chi connectivity index (χ0n) is 9.60. The highest BCUT2D eigenvalue weighted by atomic mass is 35.5. The van der Waals surface area contributed by atoms with Gasteiger partial charge in [0.2, 0.25) is 0 Å². The van der Waals surface area contributed by atoms with Crippen LogP contribution in [0.1, 0.15) is 18.6 Å². The first kappa shape index (κ1) is 13.7. The third-order valence-corrected chi connectivity index (χ3v) is 4.12. The molecule has 0 aliphatic carbocycles. The third kappa shape index (κ3) is 3.18. The summed E-state index contributed by atoms with van der Waals surface area (Å²) in [6.45, 7) is 1.72. The van der Waals surface area contributed by atoms with Crippen molar-refractivity contribution < 1.29 is 5.11 Å². The number of hydrogen-bond donors (Lipinski definition) is 1. The molecular formula is C13H11Cl2NOS. The average molecular weight is 300 g/mol. The average Bonchev–Trinajstić information content (AvgIpc) is 2.34. The van der Waals surface area contributed by atoms with E-state index in [0.717, 1.165) is 15.5 Å². The molecule has 0 radical (unpaired) electrons. The second-order valence-corrected chi connectivity index (χ2v) is 5.63. The number of nitrogens with zero attached hydrogens (tertiary/aromatic N) is 1. The molecule has 2 nitrogen and oxygen atoms in total. The topological polar surface area (TPSA) is 33.1 Å². The van der Waals surface area contributed by atoms with Gasteiger partial charge in [-0.1, -0.05) is 41.0 Å². The highest BCUT2D eigenvalue weighted by molar-refractivity contribution is 7.99. The number of halogens is 2. The molecule has 0 aliphatic heterocycles. The molecule has 1 atom stereocenters. The summed E-state index contributed by atoms with van der Waals surface area (Å²) in [6, 6.07) is 9.07. The van der Waals surface area contributed by atoms with Crippen LogP contribution in [0.25, 0.3) is 0 Å². The molecular weight excluding hydrogens is 289 g/mol. The van der Waals surface area contributed by atoms with Gasteiger partial charge >= 0.3 is 0 Å². The van der Waals surface area contributed by atoms with Gasteiger partial charge < -0.3 is 5.11 Å². The van der Waals surface area contributed by atoms with E-state index in [2.05, 4.69) is 4.98 Å².